The maximum absolute atomic E-state index is 12.1. The number of ether oxygens (including phenoxy) is 2. The second-order valence-electron chi connectivity index (χ2n) is 5.55. The van der Waals surface area contributed by atoms with Crippen molar-refractivity contribution in [1.29, 1.82) is 0 Å². The van der Waals surface area contributed by atoms with Gasteiger partial charge in [-0.05, 0) is 41.8 Å². The van der Waals surface area contributed by atoms with Gasteiger partial charge in [-0.3, -0.25) is 4.90 Å². The molecule has 0 saturated carbocycles. The van der Waals surface area contributed by atoms with E-state index in [1.54, 1.807) is 7.11 Å². The first-order valence-corrected chi connectivity index (χ1v) is 8.07. The van der Waals surface area contributed by atoms with Gasteiger partial charge in [0, 0.05) is 38.0 Å². The van der Waals surface area contributed by atoms with Crippen LogP contribution >= 0.6 is 15.9 Å². The lowest BCUT2D eigenvalue weighted by Gasteiger charge is -2.43. The van der Waals surface area contributed by atoms with Crippen LogP contribution in [0, 0.1) is 0 Å². The van der Waals surface area contributed by atoms with Crippen molar-refractivity contribution in [2.45, 2.75) is 38.0 Å². The summed E-state index contributed by atoms with van der Waals surface area (Å²) in [6.07, 6.45) is 3.42. The van der Waals surface area contributed by atoms with E-state index in [4.69, 9.17) is 4.74 Å². The highest BCUT2D eigenvalue weighted by atomic mass is 79.9. The average Bonchev–Trinajstić information content (AvgIpc) is 2.53. The average molecular weight is 379 g/mol. The van der Waals surface area contributed by atoms with Crippen LogP contribution in [0.1, 0.15) is 25.3 Å². The van der Waals surface area contributed by atoms with Crippen LogP contribution in [0.15, 0.2) is 22.9 Å². The van der Waals surface area contributed by atoms with Crippen LogP contribution in [-0.4, -0.2) is 49.3 Å². The second kappa shape index (κ2) is 7.77. The lowest BCUT2D eigenvalue weighted by Crippen LogP contribution is -2.48. The maximum Gasteiger partial charge on any atom is 0.345 e. The summed E-state index contributed by atoms with van der Waals surface area (Å²) in [5, 5.41) is 0. The van der Waals surface area contributed by atoms with Crippen LogP contribution in [-0.2, 0) is 15.1 Å². The number of pyridine rings is 1. The highest BCUT2D eigenvalue weighted by Gasteiger charge is 2.37. The lowest BCUT2D eigenvalue weighted by atomic mass is 9.84. The molecule has 0 spiro atoms. The molecule has 124 valence electrons. The first-order valence-electron chi connectivity index (χ1n) is 7.28. The van der Waals surface area contributed by atoms with Crippen molar-refractivity contribution >= 4 is 15.9 Å². The zero-order valence-corrected chi connectivity index (χ0v) is 14.4. The molecule has 0 radical (unpaired) electrons. The summed E-state index contributed by atoms with van der Waals surface area (Å²) in [5.74, 6) is 0. The molecule has 0 amide bonds. The van der Waals surface area contributed by atoms with E-state index in [0.29, 0.717) is 0 Å². The lowest BCUT2D eigenvalue weighted by molar-refractivity contribution is -0.145. The Balaban J connectivity index is 1.97. The van der Waals surface area contributed by atoms with Gasteiger partial charge in [0.1, 0.15) is 4.60 Å². The number of hydrogen-bond acceptors (Lipinski definition) is 4. The molecular weight excluding hydrogens is 358 g/mol. The third-order valence-electron chi connectivity index (χ3n) is 4.34. The van der Waals surface area contributed by atoms with E-state index in [9.17, 15) is 8.78 Å². The number of hydrogen-bond donors (Lipinski definition) is 0. The molecule has 2 heterocycles. The van der Waals surface area contributed by atoms with E-state index in [1.807, 2.05) is 25.3 Å². The molecule has 2 rings (SSSR count). The molecular formula is C15H21BrF2N2O2. The first kappa shape index (κ1) is 17.7. The minimum Gasteiger partial charge on any atom is -0.373 e. The van der Waals surface area contributed by atoms with Crippen molar-refractivity contribution < 1.29 is 18.3 Å². The monoisotopic (exact) mass is 378 g/mol. The molecule has 0 aliphatic carbocycles. The summed E-state index contributed by atoms with van der Waals surface area (Å²) in [5.41, 5.74) is 0.697. The van der Waals surface area contributed by atoms with Gasteiger partial charge in [0.15, 0.2) is 0 Å². The number of rotatable bonds is 6. The second-order valence-corrected chi connectivity index (χ2v) is 6.36. The van der Waals surface area contributed by atoms with Crippen LogP contribution < -0.4 is 0 Å². The van der Waals surface area contributed by atoms with Crippen LogP contribution in [0.5, 0.6) is 0 Å². The van der Waals surface area contributed by atoms with E-state index in [0.717, 1.165) is 36.1 Å². The van der Waals surface area contributed by atoms with Gasteiger partial charge in [-0.15, -0.1) is 0 Å². The molecule has 22 heavy (non-hydrogen) atoms. The Kier molecular flexibility index (Phi) is 6.26. The summed E-state index contributed by atoms with van der Waals surface area (Å²) in [7, 11) is 1.71. The van der Waals surface area contributed by atoms with Gasteiger partial charge in [0.05, 0.1) is 12.2 Å². The quantitative estimate of drug-likeness (QED) is 0.710. The Morgan fingerprint density at radius 1 is 1.36 bits per heavy atom. The minimum absolute atomic E-state index is 0.0353. The largest absolute Gasteiger partial charge is 0.373 e. The van der Waals surface area contributed by atoms with Crippen molar-refractivity contribution in [3.63, 3.8) is 0 Å². The molecule has 1 fully saturated rings. The minimum atomic E-state index is -2.71. The smallest absolute Gasteiger partial charge is 0.345 e. The Morgan fingerprint density at radius 3 is 2.55 bits per heavy atom. The van der Waals surface area contributed by atoms with Crippen molar-refractivity contribution in [2.75, 3.05) is 26.8 Å². The van der Waals surface area contributed by atoms with Crippen molar-refractivity contribution in [3.05, 3.63) is 28.5 Å². The van der Waals surface area contributed by atoms with Crippen molar-refractivity contribution in [1.82, 2.24) is 9.88 Å². The molecule has 0 bridgehead atoms. The molecule has 1 aromatic heterocycles. The SMILES string of the molecule is COC1(c2ccc(Br)nc2)CCN(C(C)COC(F)F)CC1. The molecule has 1 aliphatic rings. The number of halogens is 3. The molecule has 4 nitrogen and oxygen atoms in total. The third kappa shape index (κ3) is 4.22. The van der Waals surface area contributed by atoms with Crippen molar-refractivity contribution in [2.24, 2.45) is 0 Å². The molecule has 1 unspecified atom stereocenters. The summed E-state index contributed by atoms with van der Waals surface area (Å²) >= 11 is 3.33. The van der Waals surface area contributed by atoms with E-state index in [-0.39, 0.29) is 18.2 Å². The molecule has 1 aromatic rings. The van der Waals surface area contributed by atoms with Gasteiger partial charge >= 0.3 is 6.61 Å². The molecule has 0 N–H and O–H groups in total. The molecule has 0 aromatic carbocycles. The standard InChI is InChI=1S/C15H21BrF2N2O2/c1-11(10-22-14(17)18)20-7-5-15(21-2,6-8-20)12-3-4-13(16)19-9-12/h3-4,9,11,14H,5-8,10H2,1-2H3. The Morgan fingerprint density at radius 2 is 2.05 bits per heavy atom. The number of piperidine rings is 1. The fourth-order valence-corrected chi connectivity index (χ4v) is 3.13. The number of methoxy groups -OCH3 is 1. The third-order valence-corrected chi connectivity index (χ3v) is 4.81. The topological polar surface area (TPSA) is 34.6 Å². The Bertz CT molecular complexity index is 465. The fraction of sp³-hybridized carbons (Fsp3) is 0.667. The van der Waals surface area contributed by atoms with Gasteiger partial charge in [0.25, 0.3) is 0 Å². The van der Waals surface area contributed by atoms with Gasteiger partial charge in [-0.2, -0.15) is 8.78 Å². The van der Waals surface area contributed by atoms with Gasteiger partial charge < -0.3 is 9.47 Å². The van der Waals surface area contributed by atoms with Crippen LogP contribution in [0.4, 0.5) is 8.78 Å². The Hall–Kier alpha value is -0.630. The van der Waals surface area contributed by atoms with Gasteiger partial charge in [-0.25, -0.2) is 4.98 Å². The first-order chi connectivity index (χ1) is 10.5. The number of nitrogens with zero attached hydrogens (tertiary/aromatic N) is 2. The molecule has 1 aliphatic heterocycles. The highest BCUT2D eigenvalue weighted by Crippen LogP contribution is 2.36. The molecule has 1 atom stereocenters. The number of likely N-dealkylation sites (tertiary alicyclic amines) is 1. The summed E-state index contributed by atoms with van der Waals surface area (Å²) in [4.78, 5) is 6.43. The van der Waals surface area contributed by atoms with Crippen LogP contribution in [0.25, 0.3) is 0 Å². The Labute approximate surface area is 137 Å². The zero-order valence-electron chi connectivity index (χ0n) is 12.8. The van der Waals surface area contributed by atoms with E-state index in [2.05, 4.69) is 30.6 Å². The number of alkyl halides is 2. The van der Waals surface area contributed by atoms with Gasteiger partial charge in [-0.1, -0.05) is 6.07 Å². The van der Waals surface area contributed by atoms with Crippen LogP contribution in [0.3, 0.4) is 0 Å². The predicted molar refractivity (Wildman–Crippen MR) is 82.8 cm³/mol. The fourth-order valence-electron chi connectivity index (χ4n) is 2.90. The highest BCUT2D eigenvalue weighted by molar-refractivity contribution is 9.10. The van der Waals surface area contributed by atoms with Gasteiger partial charge in [0.2, 0.25) is 0 Å². The zero-order chi connectivity index (χ0) is 16.2. The summed E-state index contributed by atoms with van der Waals surface area (Å²) in [6.45, 7) is 0.787. The predicted octanol–water partition coefficient (Wildman–Crippen LogP) is 3.41. The summed E-state index contributed by atoms with van der Waals surface area (Å²) < 4.78 is 35.2. The van der Waals surface area contributed by atoms with E-state index < -0.39 is 6.61 Å². The maximum atomic E-state index is 12.1. The van der Waals surface area contributed by atoms with Crippen molar-refractivity contribution in [3.8, 4) is 0 Å². The molecule has 7 heteroatoms. The number of aromatic nitrogens is 1. The van der Waals surface area contributed by atoms with E-state index in [1.165, 1.54) is 0 Å². The normalized spacial score (nSPS) is 20.3. The summed E-state index contributed by atoms with van der Waals surface area (Å²) in [6, 6.07) is 3.88. The molecule has 1 saturated heterocycles. The van der Waals surface area contributed by atoms with E-state index >= 15 is 0 Å². The van der Waals surface area contributed by atoms with Crippen LogP contribution in [0.2, 0.25) is 0 Å².